The lowest BCUT2D eigenvalue weighted by Gasteiger charge is -2.23. The first-order valence-corrected chi connectivity index (χ1v) is 15.5. The Balaban J connectivity index is 1.45. The Bertz CT molecular complexity index is 1860. The van der Waals surface area contributed by atoms with Crippen molar-refractivity contribution in [2.45, 2.75) is 12.1 Å². The van der Waals surface area contributed by atoms with Crippen molar-refractivity contribution in [3.63, 3.8) is 0 Å². The van der Waals surface area contributed by atoms with Crippen LogP contribution >= 0.6 is 7.60 Å². The van der Waals surface area contributed by atoms with Crippen molar-refractivity contribution in [3.8, 4) is 0 Å². The zero-order valence-electron chi connectivity index (χ0n) is 23.5. The molecule has 0 aliphatic rings. The molecular formula is C34H31N2O6P. The summed E-state index contributed by atoms with van der Waals surface area (Å²) in [6.07, 6.45) is 0.457. The first-order chi connectivity index (χ1) is 20.6. The number of nitrogens with one attached hydrogen (secondary N) is 1. The van der Waals surface area contributed by atoms with Gasteiger partial charge in [-0.3, -0.25) is 18.9 Å². The van der Waals surface area contributed by atoms with Gasteiger partial charge in [-0.25, -0.2) is 0 Å². The molecule has 3 N–H and O–H groups in total. The number of ketones is 1. The lowest BCUT2D eigenvalue weighted by Crippen LogP contribution is -2.32. The Kier molecular flexibility index (Phi) is 8.83. The van der Waals surface area contributed by atoms with Gasteiger partial charge in [0, 0.05) is 31.3 Å². The van der Waals surface area contributed by atoms with Gasteiger partial charge in [-0.15, -0.1) is 0 Å². The van der Waals surface area contributed by atoms with E-state index in [1.165, 1.54) is 11.0 Å². The first-order valence-electron chi connectivity index (χ1n) is 13.8. The second-order valence-electron chi connectivity index (χ2n) is 10.4. The monoisotopic (exact) mass is 594 g/mol. The number of benzene rings is 5. The summed E-state index contributed by atoms with van der Waals surface area (Å²) >= 11 is 0. The van der Waals surface area contributed by atoms with E-state index in [4.69, 9.17) is 0 Å². The molecule has 0 aliphatic heterocycles. The zero-order valence-corrected chi connectivity index (χ0v) is 24.4. The normalized spacial score (nSPS) is 12.2. The van der Waals surface area contributed by atoms with Gasteiger partial charge in [0.1, 0.15) is 5.66 Å². The topological polar surface area (TPSA) is 124 Å². The number of hydrogen-bond acceptors (Lipinski definition) is 4. The van der Waals surface area contributed by atoms with Gasteiger partial charge in [0.15, 0.2) is 5.78 Å². The van der Waals surface area contributed by atoms with E-state index < -0.39 is 24.9 Å². The van der Waals surface area contributed by atoms with Crippen molar-refractivity contribution in [2.24, 2.45) is 0 Å². The van der Waals surface area contributed by atoms with E-state index in [-0.39, 0.29) is 29.1 Å². The molecule has 8 nitrogen and oxygen atoms in total. The van der Waals surface area contributed by atoms with Gasteiger partial charge in [-0.05, 0) is 57.8 Å². The smallest absolute Gasteiger partial charge is 0.340 e. The zero-order chi connectivity index (χ0) is 30.6. The minimum atomic E-state index is -5.03. The second kappa shape index (κ2) is 12.7. The number of carbonyl (C=O) groups excluding carboxylic acids is 3. The quantitative estimate of drug-likeness (QED) is 0.104. The van der Waals surface area contributed by atoms with Crippen LogP contribution in [0.1, 0.15) is 48.7 Å². The molecule has 218 valence electrons. The Morgan fingerprint density at radius 1 is 0.767 bits per heavy atom. The van der Waals surface area contributed by atoms with Gasteiger partial charge in [0.05, 0.1) is 5.56 Å². The number of amides is 2. The van der Waals surface area contributed by atoms with Crippen molar-refractivity contribution in [3.05, 3.63) is 131 Å². The van der Waals surface area contributed by atoms with Gasteiger partial charge in [-0.1, -0.05) is 84.9 Å². The van der Waals surface area contributed by atoms with E-state index in [1.807, 2.05) is 36.4 Å². The molecule has 5 rings (SSSR count). The lowest BCUT2D eigenvalue weighted by molar-refractivity contribution is 0.0786. The highest BCUT2D eigenvalue weighted by Gasteiger charge is 2.40. The molecule has 0 spiro atoms. The van der Waals surface area contributed by atoms with Crippen molar-refractivity contribution >= 4 is 46.7 Å². The molecule has 0 heterocycles. The van der Waals surface area contributed by atoms with Crippen LogP contribution in [0.2, 0.25) is 0 Å². The van der Waals surface area contributed by atoms with Crippen molar-refractivity contribution in [1.82, 2.24) is 10.2 Å². The summed E-state index contributed by atoms with van der Waals surface area (Å²) in [5.74, 6) is -1.51. The molecule has 0 saturated carbocycles. The van der Waals surface area contributed by atoms with E-state index in [1.54, 1.807) is 73.8 Å². The van der Waals surface area contributed by atoms with E-state index in [0.29, 0.717) is 34.7 Å². The summed E-state index contributed by atoms with van der Waals surface area (Å²) in [5.41, 5.74) is -1.07. The average molecular weight is 595 g/mol. The molecule has 0 aliphatic carbocycles. The van der Waals surface area contributed by atoms with Crippen LogP contribution < -0.4 is 5.32 Å². The molecule has 0 fully saturated rings. The Morgan fingerprint density at radius 2 is 1.35 bits per heavy atom. The summed E-state index contributed by atoms with van der Waals surface area (Å²) in [6, 6.07) is 31.2. The van der Waals surface area contributed by atoms with Crippen molar-refractivity contribution in [1.29, 1.82) is 0 Å². The standard InChI is InChI=1S/C34H31N2O6P/c1-36(20-10-19-35-33(38)24-12-3-2-4-13-24)34(39)30-22-26-15-6-5-14-25(26)21-29(30)31(37)32(43(40,41)42)28-18-9-16-23-11-7-8-17-27(23)28/h2-9,11-18,21-22,32H,10,19-20H2,1H3,(H,35,38)(H2,40,41,42). The highest BCUT2D eigenvalue weighted by Crippen LogP contribution is 2.55. The molecule has 1 atom stereocenters. The number of hydrogen-bond donors (Lipinski definition) is 3. The number of Topliss-reactive ketones (excluding diaryl/α,β-unsaturated/α-hetero) is 1. The fourth-order valence-electron chi connectivity index (χ4n) is 5.25. The predicted molar refractivity (Wildman–Crippen MR) is 167 cm³/mol. The third-order valence-corrected chi connectivity index (χ3v) is 8.61. The summed E-state index contributed by atoms with van der Waals surface area (Å²) in [5, 5.41) is 5.50. The van der Waals surface area contributed by atoms with Gasteiger partial charge in [0.2, 0.25) is 0 Å². The number of nitrogens with zero attached hydrogens (tertiary/aromatic N) is 1. The SMILES string of the molecule is CN(CCCNC(=O)c1ccccc1)C(=O)c1cc2ccccc2cc1C(=O)C(c1cccc2ccccc12)P(=O)(O)O. The molecule has 0 radical (unpaired) electrons. The maximum absolute atomic E-state index is 14.2. The minimum Gasteiger partial charge on any atom is -0.352 e. The summed E-state index contributed by atoms with van der Waals surface area (Å²) in [6.45, 7) is 0.607. The van der Waals surface area contributed by atoms with Crippen LogP contribution in [0.25, 0.3) is 21.5 Å². The van der Waals surface area contributed by atoms with Crippen LogP contribution in [0.15, 0.2) is 109 Å². The third-order valence-electron chi connectivity index (χ3n) is 7.42. The van der Waals surface area contributed by atoms with Crippen molar-refractivity contribution in [2.75, 3.05) is 20.1 Å². The molecular weight excluding hydrogens is 563 g/mol. The van der Waals surface area contributed by atoms with E-state index in [0.717, 1.165) is 5.39 Å². The summed E-state index contributed by atoms with van der Waals surface area (Å²) < 4.78 is 12.9. The molecule has 9 heteroatoms. The number of fused-ring (bicyclic) bond motifs is 2. The first kappa shape index (κ1) is 29.9. The molecule has 0 bridgehead atoms. The summed E-state index contributed by atoms with van der Waals surface area (Å²) in [7, 11) is -3.44. The Labute approximate surface area is 249 Å². The summed E-state index contributed by atoms with van der Waals surface area (Å²) in [4.78, 5) is 62.8. The number of carbonyl (C=O) groups is 3. The average Bonchev–Trinajstić information content (AvgIpc) is 3.01. The molecule has 1 unspecified atom stereocenters. The third kappa shape index (κ3) is 6.57. The molecule has 5 aromatic rings. The second-order valence-corrected chi connectivity index (χ2v) is 12.1. The van der Waals surface area contributed by atoms with E-state index in [2.05, 4.69) is 5.32 Å². The highest BCUT2D eigenvalue weighted by atomic mass is 31.2. The van der Waals surface area contributed by atoms with Crippen molar-refractivity contribution < 1.29 is 28.7 Å². The molecule has 0 saturated heterocycles. The molecule has 5 aromatic carbocycles. The molecule has 43 heavy (non-hydrogen) atoms. The van der Waals surface area contributed by atoms with Gasteiger partial charge in [0.25, 0.3) is 11.8 Å². The van der Waals surface area contributed by atoms with Gasteiger partial charge >= 0.3 is 7.60 Å². The maximum Gasteiger partial charge on any atom is 0.340 e. The lowest BCUT2D eigenvalue weighted by atomic mass is 9.92. The fourth-order valence-corrected chi connectivity index (χ4v) is 6.28. The van der Waals surface area contributed by atoms with Crippen LogP contribution in [0.3, 0.4) is 0 Å². The largest absolute Gasteiger partial charge is 0.352 e. The van der Waals surface area contributed by atoms with E-state index >= 15 is 0 Å². The maximum atomic E-state index is 14.2. The fraction of sp³-hybridized carbons (Fsp3) is 0.147. The van der Waals surface area contributed by atoms with Crippen LogP contribution in [0, 0.1) is 0 Å². The van der Waals surface area contributed by atoms with Crippen LogP contribution in [-0.2, 0) is 4.57 Å². The number of rotatable bonds is 10. The highest BCUT2D eigenvalue weighted by molar-refractivity contribution is 7.53. The van der Waals surface area contributed by atoms with Gasteiger partial charge < -0.3 is 20.0 Å². The Hall–Kier alpha value is -4.62. The molecule has 2 amide bonds. The van der Waals surface area contributed by atoms with Gasteiger partial charge in [-0.2, -0.15) is 0 Å². The van der Waals surface area contributed by atoms with Crippen LogP contribution in [-0.4, -0.2) is 52.4 Å². The minimum absolute atomic E-state index is 0.0539. The molecule has 0 aromatic heterocycles. The predicted octanol–water partition coefficient (Wildman–Crippen LogP) is 5.99. The Morgan fingerprint density at radius 3 is 2.02 bits per heavy atom. The van der Waals surface area contributed by atoms with Crippen LogP contribution in [0.4, 0.5) is 0 Å². The van der Waals surface area contributed by atoms with Crippen LogP contribution in [0.5, 0.6) is 0 Å². The van der Waals surface area contributed by atoms with E-state index in [9.17, 15) is 28.7 Å².